The van der Waals surface area contributed by atoms with Crippen molar-refractivity contribution in [2.45, 2.75) is 17.1 Å². The molecule has 0 aromatic heterocycles. The Labute approximate surface area is 125 Å². The largest absolute Gasteiger partial charge is 0.399 e. The van der Waals surface area contributed by atoms with Crippen LogP contribution in [0.25, 0.3) is 0 Å². The van der Waals surface area contributed by atoms with Gasteiger partial charge in [0.1, 0.15) is 11.6 Å². The molecule has 0 spiro atoms. The molecular formula is C15H14F2N2OS. The minimum absolute atomic E-state index is 0.00994. The molecule has 1 atom stereocenters. The summed E-state index contributed by atoms with van der Waals surface area (Å²) in [6, 6.07) is 10.9. The van der Waals surface area contributed by atoms with Gasteiger partial charge in [-0.2, -0.15) is 0 Å². The second-order valence-corrected chi connectivity index (χ2v) is 5.78. The van der Waals surface area contributed by atoms with Crippen LogP contribution in [0, 0.1) is 11.6 Å². The predicted molar refractivity (Wildman–Crippen MR) is 81.2 cm³/mol. The van der Waals surface area contributed by atoms with Crippen LogP contribution in [0.2, 0.25) is 0 Å². The van der Waals surface area contributed by atoms with Gasteiger partial charge in [0.05, 0.1) is 10.1 Å². The number of nitrogens with two attached hydrogens (primary N) is 1. The molecule has 2 aromatic carbocycles. The Morgan fingerprint density at radius 1 is 1.19 bits per heavy atom. The monoisotopic (exact) mass is 308 g/mol. The number of amides is 1. The normalized spacial score (nSPS) is 12.0. The zero-order chi connectivity index (χ0) is 15.4. The zero-order valence-corrected chi connectivity index (χ0v) is 12.1. The van der Waals surface area contributed by atoms with Gasteiger partial charge in [-0.1, -0.05) is 18.2 Å². The van der Waals surface area contributed by atoms with Crippen molar-refractivity contribution < 1.29 is 13.6 Å². The van der Waals surface area contributed by atoms with Gasteiger partial charge in [0.15, 0.2) is 0 Å². The molecule has 3 nitrogen and oxygen atoms in total. The van der Waals surface area contributed by atoms with E-state index in [0.717, 1.165) is 23.9 Å². The van der Waals surface area contributed by atoms with Crippen molar-refractivity contribution in [3.8, 4) is 0 Å². The zero-order valence-electron chi connectivity index (χ0n) is 11.3. The summed E-state index contributed by atoms with van der Waals surface area (Å²) >= 11 is 0.815. The van der Waals surface area contributed by atoms with E-state index < -0.39 is 16.9 Å². The lowest BCUT2D eigenvalue weighted by Crippen LogP contribution is -2.22. The predicted octanol–water partition coefficient (Wildman–Crippen LogP) is 3.67. The first-order valence-electron chi connectivity index (χ1n) is 6.24. The number of halogens is 2. The molecule has 0 radical (unpaired) electrons. The highest BCUT2D eigenvalue weighted by Gasteiger charge is 2.19. The number of rotatable bonds is 4. The topological polar surface area (TPSA) is 55.1 Å². The van der Waals surface area contributed by atoms with Crippen LogP contribution in [0.5, 0.6) is 0 Å². The number of anilines is 2. The number of nitrogens with one attached hydrogen (secondary N) is 1. The minimum Gasteiger partial charge on any atom is -0.399 e. The molecule has 0 heterocycles. The van der Waals surface area contributed by atoms with E-state index in [1.165, 1.54) is 0 Å². The fourth-order valence-electron chi connectivity index (χ4n) is 1.69. The van der Waals surface area contributed by atoms with Crippen molar-refractivity contribution in [2.24, 2.45) is 0 Å². The summed E-state index contributed by atoms with van der Waals surface area (Å²) in [6.45, 7) is 1.58. The third kappa shape index (κ3) is 3.95. The van der Waals surface area contributed by atoms with Crippen LogP contribution in [0.1, 0.15) is 6.92 Å². The summed E-state index contributed by atoms with van der Waals surface area (Å²) in [5, 5.41) is 2.03. The summed E-state index contributed by atoms with van der Waals surface area (Å²) in [5.74, 6) is -1.87. The molecule has 6 heteroatoms. The second-order valence-electron chi connectivity index (χ2n) is 4.43. The summed E-state index contributed by atoms with van der Waals surface area (Å²) in [6.07, 6.45) is 0. The Bertz CT molecular complexity index is 626. The molecule has 0 aliphatic carbocycles. The van der Waals surface area contributed by atoms with Crippen molar-refractivity contribution in [3.05, 3.63) is 54.1 Å². The fraction of sp³-hybridized carbons (Fsp3) is 0.133. The Balaban J connectivity index is 2.08. The van der Waals surface area contributed by atoms with Gasteiger partial charge in [0.2, 0.25) is 5.91 Å². The molecule has 0 saturated carbocycles. The molecule has 3 N–H and O–H groups in total. The van der Waals surface area contributed by atoms with Crippen molar-refractivity contribution >= 4 is 29.0 Å². The summed E-state index contributed by atoms with van der Waals surface area (Å²) in [4.78, 5) is 11.8. The molecule has 0 bridgehead atoms. The van der Waals surface area contributed by atoms with Gasteiger partial charge in [-0.15, -0.1) is 11.8 Å². The third-order valence-corrected chi connectivity index (χ3v) is 3.92. The molecule has 0 aliphatic heterocycles. The summed E-state index contributed by atoms with van der Waals surface area (Å²) in [7, 11) is 0. The van der Waals surface area contributed by atoms with Gasteiger partial charge < -0.3 is 11.1 Å². The molecule has 0 fully saturated rings. The number of carbonyl (C=O) groups excluding carboxylic acids is 1. The van der Waals surface area contributed by atoms with Crippen molar-refractivity contribution in [1.82, 2.24) is 0 Å². The van der Waals surface area contributed by atoms with E-state index in [-0.39, 0.29) is 16.5 Å². The highest BCUT2D eigenvalue weighted by atomic mass is 32.2. The van der Waals surface area contributed by atoms with E-state index in [4.69, 9.17) is 5.73 Å². The maximum atomic E-state index is 13.7. The molecule has 21 heavy (non-hydrogen) atoms. The van der Waals surface area contributed by atoms with Crippen LogP contribution in [0.4, 0.5) is 20.2 Å². The SMILES string of the molecule is CC(Sc1c(F)cc(N)cc1F)C(=O)Nc1ccccc1. The number of para-hydroxylation sites is 1. The molecule has 2 aromatic rings. The second kappa shape index (κ2) is 6.58. The maximum absolute atomic E-state index is 13.7. The minimum atomic E-state index is -0.767. The Morgan fingerprint density at radius 3 is 2.33 bits per heavy atom. The Hall–Kier alpha value is -2.08. The van der Waals surface area contributed by atoms with Crippen molar-refractivity contribution in [1.29, 1.82) is 0 Å². The molecular weight excluding hydrogens is 294 g/mol. The smallest absolute Gasteiger partial charge is 0.237 e. The van der Waals surface area contributed by atoms with Gasteiger partial charge in [0.25, 0.3) is 0 Å². The van der Waals surface area contributed by atoms with Gasteiger partial charge >= 0.3 is 0 Å². The first-order chi connectivity index (χ1) is 9.97. The van der Waals surface area contributed by atoms with E-state index in [0.29, 0.717) is 5.69 Å². The Morgan fingerprint density at radius 2 is 1.76 bits per heavy atom. The molecule has 0 saturated heterocycles. The van der Waals surface area contributed by atoms with E-state index in [9.17, 15) is 13.6 Å². The highest BCUT2D eigenvalue weighted by molar-refractivity contribution is 8.00. The van der Waals surface area contributed by atoms with Gasteiger partial charge in [-0.3, -0.25) is 4.79 Å². The fourth-order valence-corrected chi connectivity index (χ4v) is 2.55. The van der Waals surface area contributed by atoms with Crippen LogP contribution in [-0.2, 0) is 4.79 Å². The van der Waals surface area contributed by atoms with Crippen LogP contribution in [0.3, 0.4) is 0 Å². The lowest BCUT2D eigenvalue weighted by Gasteiger charge is -2.13. The number of hydrogen-bond acceptors (Lipinski definition) is 3. The van der Waals surface area contributed by atoms with Crippen LogP contribution in [0.15, 0.2) is 47.4 Å². The molecule has 2 rings (SSSR count). The lowest BCUT2D eigenvalue weighted by atomic mass is 10.3. The third-order valence-electron chi connectivity index (χ3n) is 2.73. The molecule has 110 valence electrons. The van der Waals surface area contributed by atoms with Gasteiger partial charge in [-0.25, -0.2) is 8.78 Å². The average molecular weight is 308 g/mol. The van der Waals surface area contributed by atoms with Gasteiger partial charge in [0, 0.05) is 11.4 Å². The first-order valence-corrected chi connectivity index (χ1v) is 7.12. The van der Waals surface area contributed by atoms with E-state index in [1.54, 1.807) is 31.2 Å². The Kier molecular flexibility index (Phi) is 4.80. The maximum Gasteiger partial charge on any atom is 0.237 e. The number of benzene rings is 2. The number of nitrogen functional groups attached to an aromatic ring is 1. The number of carbonyl (C=O) groups is 1. The average Bonchev–Trinajstić information content (AvgIpc) is 2.43. The van der Waals surface area contributed by atoms with Crippen LogP contribution >= 0.6 is 11.8 Å². The number of hydrogen-bond donors (Lipinski definition) is 2. The molecule has 1 amide bonds. The standard InChI is InChI=1S/C15H14F2N2OS/c1-9(15(20)19-11-5-3-2-4-6-11)21-14-12(16)7-10(18)8-13(14)17/h2-9H,18H2,1H3,(H,19,20). The van der Waals surface area contributed by atoms with Crippen LogP contribution in [-0.4, -0.2) is 11.2 Å². The quantitative estimate of drug-likeness (QED) is 0.669. The summed E-state index contributed by atoms with van der Waals surface area (Å²) in [5.41, 5.74) is 6.00. The van der Waals surface area contributed by atoms with Crippen molar-refractivity contribution in [2.75, 3.05) is 11.1 Å². The van der Waals surface area contributed by atoms with E-state index >= 15 is 0 Å². The lowest BCUT2D eigenvalue weighted by molar-refractivity contribution is -0.115. The van der Waals surface area contributed by atoms with E-state index in [1.807, 2.05) is 6.07 Å². The highest BCUT2D eigenvalue weighted by Crippen LogP contribution is 2.30. The molecule has 1 unspecified atom stereocenters. The summed E-state index contributed by atoms with van der Waals surface area (Å²) < 4.78 is 27.4. The van der Waals surface area contributed by atoms with Crippen molar-refractivity contribution in [3.63, 3.8) is 0 Å². The number of thioether (sulfide) groups is 1. The molecule has 0 aliphatic rings. The van der Waals surface area contributed by atoms with Crippen LogP contribution < -0.4 is 11.1 Å². The van der Waals surface area contributed by atoms with Gasteiger partial charge in [-0.05, 0) is 31.2 Å². The first kappa shape index (κ1) is 15.3. The van der Waals surface area contributed by atoms with E-state index in [2.05, 4.69) is 5.32 Å².